The smallest absolute Gasteiger partial charge is 0.0506 e. The maximum atomic E-state index is 5.75. The Morgan fingerprint density at radius 2 is 1.95 bits per heavy atom. The molecular weight excluding hydrogens is 302 g/mol. The van der Waals surface area contributed by atoms with Crippen LogP contribution in [0, 0.1) is 13.8 Å². The SMILES string of the molecule is Cc1cccc(C)c1C(Cc1cncc(Br)c1)NN. The molecule has 4 heteroatoms. The highest BCUT2D eigenvalue weighted by Crippen LogP contribution is 2.25. The van der Waals surface area contributed by atoms with E-state index < -0.39 is 0 Å². The van der Waals surface area contributed by atoms with Gasteiger partial charge in [-0.1, -0.05) is 18.2 Å². The number of nitrogens with zero attached hydrogens (tertiary/aromatic N) is 1. The van der Waals surface area contributed by atoms with Gasteiger partial charge in [0, 0.05) is 16.9 Å². The molecule has 19 heavy (non-hydrogen) atoms. The van der Waals surface area contributed by atoms with Crippen LogP contribution in [-0.2, 0) is 6.42 Å². The first-order valence-electron chi connectivity index (χ1n) is 6.23. The van der Waals surface area contributed by atoms with Crippen LogP contribution in [0.25, 0.3) is 0 Å². The molecular formula is C15H18BrN3. The number of aryl methyl sites for hydroxylation is 2. The van der Waals surface area contributed by atoms with Gasteiger partial charge in [-0.25, -0.2) is 0 Å². The number of benzene rings is 1. The van der Waals surface area contributed by atoms with E-state index >= 15 is 0 Å². The fraction of sp³-hybridized carbons (Fsp3) is 0.267. The summed E-state index contributed by atoms with van der Waals surface area (Å²) in [6.45, 7) is 4.23. The summed E-state index contributed by atoms with van der Waals surface area (Å²) in [5, 5.41) is 0. The van der Waals surface area contributed by atoms with E-state index in [4.69, 9.17) is 5.84 Å². The van der Waals surface area contributed by atoms with E-state index in [-0.39, 0.29) is 6.04 Å². The van der Waals surface area contributed by atoms with Gasteiger partial charge in [-0.05, 0) is 64.5 Å². The fourth-order valence-electron chi connectivity index (χ4n) is 2.42. The average molecular weight is 320 g/mol. The average Bonchev–Trinajstić information content (AvgIpc) is 2.37. The molecule has 0 radical (unpaired) electrons. The number of hydrogen-bond donors (Lipinski definition) is 2. The van der Waals surface area contributed by atoms with Crippen LogP contribution in [0.3, 0.4) is 0 Å². The topological polar surface area (TPSA) is 50.9 Å². The van der Waals surface area contributed by atoms with Gasteiger partial charge >= 0.3 is 0 Å². The van der Waals surface area contributed by atoms with E-state index in [9.17, 15) is 0 Å². The third kappa shape index (κ3) is 3.41. The molecule has 0 fully saturated rings. The minimum absolute atomic E-state index is 0.0947. The number of hydrogen-bond acceptors (Lipinski definition) is 3. The zero-order valence-electron chi connectivity index (χ0n) is 11.2. The van der Waals surface area contributed by atoms with Crippen LogP contribution < -0.4 is 11.3 Å². The van der Waals surface area contributed by atoms with Crippen molar-refractivity contribution in [1.29, 1.82) is 0 Å². The Labute approximate surface area is 122 Å². The first kappa shape index (κ1) is 14.2. The number of rotatable bonds is 4. The Kier molecular flexibility index (Phi) is 4.69. The van der Waals surface area contributed by atoms with E-state index in [0.29, 0.717) is 0 Å². The fourth-order valence-corrected chi connectivity index (χ4v) is 2.84. The van der Waals surface area contributed by atoms with Crippen LogP contribution >= 0.6 is 15.9 Å². The van der Waals surface area contributed by atoms with Gasteiger partial charge in [0.25, 0.3) is 0 Å². The van der Waals surface area contributed by atoms with Crippen molar-refractivity contribution in [3.63, 3.8) is 0 Å². The van der Waals surface area contributed by atoms with Gasteiger partial charge in [0.15, 0.2) is 0 Å². The van der Waals surface area contributed by atoms with Crippen molar-refractivity contribution in [2.45, 2.75) is 26.3 Å². The summed E-state index contributed by atoms with van der Waals surface area (Å²) in [5.74, 6) is 5.75. The van der Waals surface area contributed by atoms with Gasteiger partial charge in [0.05, 0.1) is 6.04 Å². The second-order valence-corrected chi connectivity index (χ2v) is 5.66. The number of halogens is 1. The summed E-state index contributed by atoms with van der Waals surface area (Å²) in [4.78, 5) is 4.19. The summed E-state index contributed by atoms with van der Waals surface area (Å²) < 4.78 is 0.988. The highest BCUT2D eigenvalue weighted by Gasteiger charge is 2.15. The van der Waals surface area contributed by atoms with Crippen molar-refractivity contribution >= 4 is 15.9 Å². The summed E-state index contributed by atoms with van der Waals surface area (Å²) in [6, 6.07) is 8.47. The molecule has 1 unspecified atom stereocenters. The summed E-state index contributed by atoms with van der Waals surface area (Å²) in [5.41, 5.74) is 7.86. The van der Waals surface area contributed by atoms with E-state index in [2.05, 4.69) is 64.5 Å². The molecule has 0 aliphatic rings. The molecule has 2 rings (SSSR count). The van der Waals surface area contributed by atoms with E-state index in [1.165, 1.54) is 16.7 Å². The van der Waals surface area contributed by atoms with Crippen molar-refractivity contribution in [1.82, 2.24) is 10.4 Å². The summed E-state index contributed by atoms with van der Waals surface area (Å²) >= 11 is 3.45. The van der Waals surface area contributed by atoms with Gasteiger partial charge < -0.3 is 0 Å². The number of nitrogens with one attached hydrogen (secondary N) is 1. The molecule has 100 valence electrons. The Morgan fingerprint density at radius 1 is 1.26 bits per heavy atom. The molecule has 1 heterocycles. The Morgan fingerprint density at radius 3 is 2.53 bits per heavy atom. The largest absolute Gasteiger partial charge is 0.271 e. The van der Waals surface area contributed by atoms with E-state index in [0.717, 1.165) is 16.5 Å². The van der Waals surface area contributed by atoms with Gasteiger partial charge in [-0.3, -0.25) is 16.3 Å². The lowest BCUT2D eigenvalue weighted by Gasteiger charge is -2.21. The van der Waals surface area contributed by atoms with Crippen LogP contribution in [0.1, 0.15) is 28.3 Å². The molecule has 2 aromatic rings. The monoisotopic (exact) mass is 319 g/mol. The van der Waals surface area contributed by atoms with E-state index in [1.54, 1.807) is 6.20 Å². The maximum Gasteiger partial charge on any atom is 0.0506 e. The highest BCUT2D eigenvalue weighted by molar-refractivity contribution is 9.10. The van der Waals surface area contributed by atoms with Crippen LogP contribution in [-0.4, -0.2) is 4.98 Å². The lowest BCUT2D eigenvalue weighted by Crippen LogP contribution is -2.30. The minimum atomic E-state index is 0.0947. The van der Waals surface area contributed by atoms with Gasteiger partial charge in [0.1, 0.15) is 0 Å². The molecule has 0 saturated carbocycles. The number of aromatic nitrogens is 1. The molecule has 0 aliphatic carbocycles. The van der Waals surface area contributed by atoms with Crippen LogP contribution in [0.5, 0.6) is 0 Å². The Hall–Kier alpha value is -1.23. The first-order chi connectivity index (χ1) is 9.11. The molecule has 3 nitrogen and oxygen atoms in total. The molecule has 0 saturated heterocycles. The Balaban J connectivity index is 2.30. The van der Waals surface area contributed by atoms with Crippen molar-refractivity contribution in [3.05, 3.63) is 63.4 Å². The molecule has 1 atom stereocenters. The molecule has 1 aromatic carbocycles. The second-order valence-electron chi connectivity index (χ2n) is 4.74. The number of nitrogens with two attached hydrogens (primary N) is 1. The zero-order chi connectivity index (χ0) is 13.8. The predicted molar refractivity (Wildman–Crippen MR) is 81.6 cm³/mol. The van der Waals surface area contributed by atoms with Crippen molar-refractivity contribution in [2.24, 2.45) is 5.84 Å². The van der Waals surface area contributed by atoms with Gasteiger partial charge in [0.2, 0.25) is 0 Å². The third-order valence-electron chi connectivity index (χ3n) is 3.29. The normalized spacial score (nSPS) is 12.4. The van der Waals surface area contributed by atoms with Gasteiger partial charge in [-0.15, -0.1) is 0 Å². The minimum Gasteiger partial charge on any atom is -0.271 e. The summed E-state index contributed by atoms with van der Waals surface area (Å²) in [6.07, 6.45) is 4.48. The lowest BCUT2D eigenvalue weighted by molar-refractivity contribution is 0.546. The first-order valence-corrected chi connectivity index (χ1v) is 7.02. The summed E-state index contributed by atoms with van der Waals surface area (Å²) in [7, 11) is 0. The predicted octanol–water partition coefficient (Wildman–Crippen LogP) is 3.21. The van der Waals surface area contributed by atoms with Gasteiger partial charge in [-0.2, -0.15) is 0 Å². The van der Waals surface area contributed by atoms with Crippen molar-refractivity contribution in [2.75, 3.05) is 0 Å². The lowest BCUT2D eigenvalue weighted by atomic mass is 9.92. The highest BCUT2D eigenvalue weighted by atomic mass is 79.9. The number of hydrazine groups is 1. The zero-order valence-corrected chi connectivity index (χ0v) is 12.7. The van der Waals surface area contributed by atoms with Crippen LogP contribution in [0.15, 0.2) is 41.1 Å². The third-order valence-corrected chi connectivity index (χ3v) is 3.73. The van der Waals surface area contributed by atoms with Crippen LogP contribution in [0.2, 0.25) is 0 Å². The standard InChI is InChI=1S/C15H18BrN3/c1-10-4-3-5-11(2)15(10)14(19-17)7-12-6-13(16)9-18-8-12/h3-6,8-9,14,19H,7,17H2,1-2H3. The maximum absolute atomic E-state index is 5.75. The van der Waals surface area contributed by atoms with Crippen molar-refractivity contribution < 1.29 is 0 Å². The molecule has 0 bridgehead atoms. The van der Waals surface area contributed by atoms with E-state index in [1.807, 2.05) is 6.20 Å². The van der Waals surface area contributed by atoms with Crippen molar-refractivity contribution in [3.8, 4) is 0 Å². The molecule has 1 aromatic heterocycles. The molecule has 3 N–H and O–H groups in total. The molecule has 0 amide bonds. The Bertz CT molecular complexity index is 549. The quantitative estimate of drug-likeness (QED) is 0.672. The number of pyridine rings is 1. The molecule has 0 aliphatic heterocycles. The molecule has 0 spiro atoms. The van der Waals surface area contributed by atoms with Crippen LogP contribution in [0.4, 0.5) is 0 Å². The second kappa shape index (κ2) is 6.28.